The van der Waals surface area contributed by atoms with Crippen LogP contribution in [0.15, 0.2) is 0 Å². The van der Waals surface area contributed by atoms with E-state index in [9.17, 15) is 13.2 Å². The number of halogens is 3. The molecule has 0 aromatic rings. The second kappa shape index (κ2) is 9.14. The maximum Gasteiger partial charge on any atom is 0.430 e. The summed E-state index contributed by atoms with van der Waals surface area (Å²) in [4.78, 5) is 8.78. The van der Waals surface area contributed by atoms with Crippen molar-refractivity contribution in [1.82, 2.24) is 0 Å². The van der Waals surface area contributed by atoms with Crippen LogP contribution in [0.5, 0.6) is 0 Å². The van der Waals surface area contributed by atoms with Crippen LogP contribution in [-0.2, 0) is 9.53 Å². The smallest absolute Gasteiger partial charge is 0.430 e. The zero-order chi connectivity index (χ0) is 13.2. The van der Waals surface area contributed by atoms with Gasteiger partial charge in [0.2, 0.25) is 0 Å². The lowest BCUT2D eigenvalue weighted by Crippen LogP contribution is -2.37. The minimum Gasteiger partial charge on any atom is -0.542 e. The first-order valence-electron chi connectivity index (χ1n) is 4.56. The quantitative estimate of drug-likeness (QED) is 0.518. The lowest BCUT2D eigenvalue weighted by molar-refractivity contribution is -0.494. The average molecular weight is 243 g/mol. The monoisotopic (exact) mass is 243 g/mol. The van der Waals surface area contributed by atoms with E-state index in [0.717, 1.165) is 13.2 Å². The molecule has 96 valence electrons. The van der Waals surface area contributed by atoms with Gasteiger partial charge in [0.15, 0.2) is 6.21 Å². The molecule has 0 heterocycles. The fourth-order valence-electron chi connectivity index (χ4n) is 0.646. The summed E-state index contributed by atoms with van der Waals surface area (Å²) in [5, 5.41) is 8.78. The molecule has 0 aromatic heterocycles. The van der Waals surface area contributed by atoms with E-state index >= 15 is 0 Å². The van der Waals surface area contributed by atoms with Crippen molar-refractivity contribution in [2.24, 2.45) is 0 Å². The van der Waals surface area contributed by atoms with Crippen molar-refractivity contribution in [3.63, 3.8) is 0 Å². The Morgan fingerprint density at radius 1 is 1.50 bits per heavy atom. The van der Waals surface area contributed by atoms with Crippen LogP contribution in [0.25, 0.3) is 0 Å². The van der Waals surface area contributed by atoms with Crippen molar-refractivity contribution in [3.8, 4) is 0 Å². The minimum absolute atomic E-state index is 0.719. The summed E-state index contributed by atoms with van der Waals surface area (Å²) in [6, 6.07) is 0. The van der Waals surface area contributed by atoms with Crippen molar-refractivity contribution in [3.05, 3.63) is 0 Å². The van der Waals surface area contributed by atoms with Crippen LogP contribution >= 0.6 is 0 Å². The molecule has 0 amide bonds. The van der Waals surface area contributed by atoms with E-state index in [2.05, 4.69) is 18.5 Å². The highest BCUT2D eigenvalue weighted by molar-refractivity contribution is 5.70. The fourth-order valence-corrected chi connectivity index (χ4v) is 0.646. The minimum atomic E-state index is -5.19. The molecule has 0 spiro atoms. The van der Waals surface area contributed by atoms with Gasteiger partial charge in [-0.1, -0.05) is 6.92 Å². The molecule has 0 N–H and O–H groups in total. The lowest BCUT2D eigenvalue weighted by atomic mass is 10.5. The third-order valence-corrected chi connectivity index (χ3v) is 1.36. The molecule has 0 aliphatic carbocycles. The first-order valence-corrected chi connectivity index (χ1v) is 4.56. The number of carboxylic acids is 1. The highest BCUT2D eigenvalue weighted by Gasteiger charge is 2.28. The zero-order valence-electron chi connectivity index (χ0n) is 9.50. The Hall–Kier alpha value is -1.11. The number of carbonyl (C=O) groups excluding carboxylic acids is 1. The normalized spacial score (nSPS) is 11.8. The topological polar surface area (TPSA) is 52.4 Å². The molecular formula is C9H16F3NO3. The molecule has 0 unspecified atom stereocenters. The highest BCUT2D eigenvalue weighted by Crippen LogP contribution is 2.11. The first-order chi connectivity index (χ1) is 7.25. The number of methoxy groups -OCH3 is 1. The number of alkyl halides is 3. The van der Waals surface area contributed by atoms with Gasteiger partial charge in [0.1, 0.15) is 26.2 Å². The van der Waals surface area contributed by atoms with Gasteiger partial charge in [-0.3, -0.25) is 0 Å². The van der Waals surface area contributed by atoms with Gasteiger partial charge in [-0.05, 0) is 0 Å². The van der Waals surface area contributed by atoms with Crippen molar-refractivity contribution in [2.45, 2.75) is 19.5 Å². The molecule has 0 aliphatic rings. The van der Waals surface area contributed by atoms with Gasteiger partial charge >= 0.3 is 6.18 Å². The van der Waals surface area contributed by atoms with E-state index in [-0.39, 0.29) is 0 Å². The molecule has 0 aromatic carbocycles. The summed E-state index contributed by atoms with van der Waals surface area (Å²) in [6.07, 6.45) is -1.96. The summed E-state index contributed by atoms with van der Waals surface area (Å²) in [5.41, 5.74) is 0. The van der Waals surface area contributed by atoms with Gasteiger partial charge in [0.25, 0.3) is 0 Å². The Labute approximate surface area is 92.3 Å². The second-order valence-corrected chi connectivity index (χ2v) is 2.90. The maximum absolute atomic E-state index is 10.5. The summed E-state index contributed by atoms with van der Waals surface area (Å²) in [7, 11) is 3.76. The third-order valence-electron chi connectivity index (χ3n) is 1.36. The van der Waals surface area contributed by atoms with Crippen LogP contribution < -0.4 is 5.11 Å². The van der Waals surface area contributed by atoms with Crippen molar-refractivity contribution in [1.29, 1.82) is 0 Å². The molecular weight excluding hydrogens is 227 g/mol. The lowest BCUT2D eigenvalue weighted by Gasteiger charge is -2.03. The van der Waals surface area contributed by atoms with Crippen LogP contribution in [0.3, 0.4) is 0 Å². The second-order valence-electron chi connectivity index (χ2n) is 2.90. The Bertz CT molecular complexity index is 227. The number of aliphatic carboxylic acids is 1. The van der Waals surface area contributed by atoms with E-state index in [4.69, 9.17) is 14.6 Å². The van der Waals surface area contributed by atoms with Crippen molar-refractivity contribution in [2.75, 3.05) is 27.3 Å². The van der Waals surface area contributed by atoms with Crippen LogP contribution in [-0.4, -0.2) is 50.2 Å². The molecule has 0 rings (SSSR count). The molecule has 0 atom stereocenters. The average Bonchev–Trinajstić information content (AvgIpc) is 2.14. The standard InChI is InChI=1S/C7H16NO.C2HF3O2/c1-4-5-8(2)6-7-9-3;3-2(4,5)1(6)7/h6H,4-5,7H2,1-3H3;(H,6,7)/q+1;/p-1. The Balaban J connectivity index is 0. The van der Waals surface area contributed by atoms with Crippen LogP contribution in [0.2, 0.25) is 0 Å². The van der Waals surface area contributed by atoms with Crippen molar-refractivity contribution >= 4 is 12.2 Å². The van der Waals surface area contributed by atoms with Gasteiger partial charge in [-0.25, -0.2) is 4.58 Å². The largest absolute Gasteiger partial charge is 0.542 e. The number of carbonyl (C=O) groups is 1. The summed E-state index contributed by atoms with van der Waals surface area (Å²) in [5.74, 6) is -3.01. The molecule has 0 saturated heterocycles. The molecule has 0 bridgehead atoms. The van der Waals surface area contributed by atoms with Crippen LogP contribution in [0.1, 0.15) is 13.3 Å². The zero-order valence-corrected chi connectivity index (χ0v) is 9.50. The van der Waals surface area contributed by atoms with Crippen LogP contribution in [0.4, 0.5) is 13.2 Å². The van der Waals surface area contributed by atoms with E-state index in [1.54, 1.807) is 7.11 Å². The number of hydrogen-bond donors (Lipinski definition) is 0. The molecule has 0 fully saturated rings. The molecule has 7 heteroatoms. The summed E-state index contributed by atoms with van der Waals surface area (Å²) < 4.78 is 38.6. The molecule has 16 heavy (non-hydrogen) atoms. The fraction of sp³-hybridized carbons (Fsp3) is 0.778. The number of hydrogen-bond acceptors (Lipinski definition) is 3. The molecule has 0 saturated carbocycles. The van der Waals surface area contributed by atoms with Gasteiger partial charge in [-0.2, -0.15) is 13.2 Å². The van der Waals surface area contributed by atoms with Gasteiger partial charge < -0.3 is 14.6 Å². The Morgan fingerprint density at radius 3 is 2.19 bits per heavy atom. The highest BCUT2D eigenvalue weighted by atomic mass is 19.4. The number of ether oxygens (including phenoxy) is 1. The van der Waals surface area contributed by atoms with Gasteiger partial charge in [-0.15, -0.1) is 0 Å². The maximum atomic E-state index is 10.5. The predicted octanol–water partition coefficient (Wildman–Crippen LogP) is 0.0545. The number of nitrogens with zero attached hydrogens (tertiary/aromatic N) is 1. The Kier molecular flexibility index (Phi) is 9.88. The number of rotatable bonds is 4. The van der Waals surface area contributed by atoms with E-state index in [1.165, 1.54) is 6.42 Å². The van der Waals surface area contributed by atoms with Crippen LogP contribution in [0, 0.1) is 0 Å². The van der Waals surface area contributed by atoms with E-state index < -0.39 is 12.1 Å². The SMILES string of the molecule is CCC[N+](C)=CCOC.O=C([O-])C(F)(F)F. The molecule has 0 radical (unpaired) electrons. The van der Waals surface area contributed by atoms with Gasteiger partial charge in [0.05, 0.1) is 0 Å². The molecule has 0 aliphatic heterocycles. The van der Waals surface area contributed by atoms with Crippen molar-refractivity contribution < 1.29 is 32.4 Å². The molecule has 4 nitrogen and oxygen atoms in total. The van der Waals surface area contributed by atoms with E-state index in [0.29, 0.717) is 0 Å². The van der Waals surface area contributed by atoms with Gasteiger partial charge in [0, 0.05) is 13.5 Å². The first kappa shape index (κ1) is 17.3. The Morgan fingerprint density at radius 2 is 1.94 bits per heavy atom. The third kappa shape index (κ3) is 12.9. The summed E-state index contributed by atoms with van der Waals surface area (Å²) >= 11 is 0. The summed E-state index contributed by atoms with van der Waals surface area (Å²) in [6.45, 7) is 4.00. The predicted molar refractivity (Wildman–Crippen MR) is 50.3 cm³/mol. The van der Waals surface area contributed by atoms with E-state index in [1.807, 2.05) is 6.21 Å². The number of carboxylic acid groups (broad SMARTS) is 1.